The van der Waals surface area contributed by atoms with Gasteiger partial charge in [0.25, 0.3) is 0 Å². The fraction of sp³-hybridized carbons (Fsp3) is 0. The summed E-state index contributed by atoms with van der Waals surface area (Å²) in [5, 5.41) is 23.9. The van der Waals surface area contributed by atoms with Crippen LogP contribution >= 0.6 is 32.1 Å². The predicted molar refractivity (Wildman–Crippen MR) is 236 cm³/mol. The number of hydrogen-bond donors (Lipinski definition) is 0. The molecule has 0 spiro atoms. The lowest BCUT2D eigenvalue weighted by atomic mass is 10.3. The van der Waals surface area contributed by atoms with Crippen LogP contribution in [0, 0.1) is 22.1 Å². The van der Waals surface area contributed by atoms with Crippen molar-refractivity contribution in [2.75, 3.05) is 0 Å². The highest BCUT2D eigenvalue weighted by molar-refractivity contribution is 7.89. The van der Waals surface area contributed by atoms with Crippen LogP contribution in [-0.4, -0.2) is 13.8 Å². The van der Waals surface area contributed by atoms with Crippen molar-refractivity contribution in [1.82, 2.24) is 13.8 Å². The molecule has 1 aliphatic rings. The molecule has 0 fully saturated rings. The van der Waals surface area contributed by atoms with E-state index in [0.29, 0.717) is 17.2 Å². The van der Waals surface area contributed by atoms with Gasteiger partial charge in [-0.25, -0.2) is 0 Å². The van der Waals surface area contributed by atoms with Crippen molar-refractivity contribution in [3.63, 3.8) is 0 Å². The fourth-order valence-electron chi connectivity index (χ4n) is 5.46. The summed E-state index contributed by atoms with van der Waals surface area (Å²) in [5.74, 6) is 6.99. The molecule has 0 saturated heterocycles. The third kappa shape index (κ3) is 9.78. The van der Waals surface area contributed by atoms with Crippen molar-refractivity contribution in [3.8, 4) is 51.9 Å². The van der Waals surface area contributed by atoms with Gasteiger partial charge in [0.15, 0.2) is 23.1 Å². The van der Waals surface area contributed by atoms with Crippen molar-refractivity contribution >= 4 is 32.1 Å². The van der Waals surface area contributed by atoms with Gasteiger partial charge in [-0.15, -0.1) is 5.26 Å². The average molecular weight is 884 g/mol. The smallest absolute Gasteiger partial charge is 0.438 e. The molecule has 0 N–H and O–H groups in total. The van der Waals surface area contributed by atoms with Crippen LogP contribution in [0.25, 0.3) is 0 Å². The molecule has 1 aliphatic heterocycles. The molecular formula is C44H35N6O7P4+. The molecule has 0 radical (unpaired) electrons. The Labute approximate surface area is 356 Å². The molecule has 0 aromatic heterocycles. The van der Waals surface area contributed by atoms with E-state index in [1.807, 2.05) is 66.7 Å². The Morgan fingerprint density at radius 3 is 1.31 bits per heavy atom. The van der Waals surface area contributed by atoms with Gasteiger partial charge in [0.1, 0.15) is 32.2 Å². The van der Waals surface area contributed by atoms with Crippen molar-refractivity contribution in [1.29, 1.82) is 10.5 Å². The first-order valence-corrected chi connectivity index (χ1v) is 24.1. The highest BCUT2D eigenvalue weighted by Gasteiger charge is 2.76. The van der Waals surface area contributed by atoms with E-state index in [9.17, 15) is 10.5 Å². The monoisotopic (exact) mass is 883 g/mol. The van der Waals surface area contributed by atoms with E-state index < -0.39 is 32.1 Å². The highest BCUT2D eigenvalue weighted by Crippen LogP contribution is 2.84. The summed E-state index contributed by atoms with van der Waals surface area (Å²) in [6, 6.07) is 61.8. The fourth-order valence-corrected chi connectivity index (χ4v) is 16.4. The normalized spacial score (nSPS) is 20.5. The van der Waals surface area contributed by atoms with Crippen LogP contribution in [-0.2, 0) is 0 Å². The maximum atomic E-state index is 12.1. The Morgan fingerprint density at radius 1 is 0.459 bits per heavy atom. The summed E-state index contributed by atoms with van der Waals surface area (Å²) in [7, 11) is -14.2. The van der Waals surface area contributed by atoms with Gasteiger partial charge < -0.3 is 28.1 Å². The number of nitrogens with zero attached hydrogens (tertiary/aromatic N) is 6. The molecule has 7 aromatic carbocycles. The van der Waals surface area contributed by atoms with Gasteiger partial charge in [-0.1, -0.05) is 127 Å². The molecule has 4 unspecified atom stereocenters. The third-order valence-corrected chi connectivity index (χ3v) is 18.3. The largest absolute Gasteiger partial charge is 0.528 e. The molecule has 17 heteroatoms. The highest BCUT2D eigenvalue weighted by atomic mass is 31.3. The summed E-state index contributed by atoms with van der Waals surface area (Å²) in [5.41, 5.74) is 0. The minimum Gasteiger partial charge on any atom is -0.438 e. The number of para-hydroxylation sites is 7. The minimum absolute atomic E-state index is 0.240. The lowest BCUT2D eigenvalue weighted by molar-refractivity contribution is 0.0377. The van der Waals surface area contributed by atoms with Crippen LogP contribution < -0.4 is 32.6 Å². The molecule has 302 valence electrons. The zero-order valence-electron chi connectivity index (χ0n) is 32.0. The van der Waals surface area contributed by atoms with Gasteiger partial charge in [-0.2, -0.15) is 9.78 Å². The molecule has 8 rings (SSSR count). The number of nitriles is 2. The minimum atomic E-state index is -4.56. The zero-order valence-corrected chi connectivity index (χ0v) is 35.6. The van der Waals surface area contributed by atoms with Crippen LogP contribution in [0.2, 0.25) is 0 Å². The molecular weight excluding hydrogens is 848 g/mol. The molecule has 0 aliphatic carbocycles. The molecule has 4 atom stereocenters. The van der Waals surface area contributed by atoms with Gasteiger partial charge in [-0.05, 0) is 84.9 Å². The van der Waals surface area contributed by atoms with E-state index in [1.54, 1.807) is 146 Å². The van der Waals surface area contributed by atoms with Crippen LogP contribution in [0.3, 0.4) is 0 Å². The second-order valence-corrected chi connectivity index (χ2v) is 20.6. The van der Waals surface area contributed by atoms with Crippen LogP contribution in [0.15, 0.2) is 217 Å². The SMILES string of the molecule is N#CP1(Oc2ccccc2)=NP(Oc2ccccc2)N(Oc2ccccc2)P(Oc2ccccc2)N(Oc2ccccc2)[P+](C#N)(Oc2ccccc2)N1Oc1ccccc1. The molecule has 0 bridgehead atoms. The summed E-state index contributed by atoms with van der Waals surface area (Å²) in [6.07, 6.45) is 0. The summed E-state index contributed by atoms with van der Waals surface area (Å²) >= 11 is 0. The number of hydrogen-bond acceptors (Lipinski definition) is 13. The predicted octanol–water partition coefficient (Wildman–Crippen LogP) is 13.4. The zero-order chi connectivity index (χ0) is 41.7. The molecule has 0 saturated carbocycles. The van der Waals surface area contributed by atoms with E-state index in [0.717, 1.165) is 4.60 Å². The van der Waals surface area contributed by atoms with Crippen molar-refractivity contribution in [2.45, 2.75) is 0 Å². The van der Waals surface area contributed by atoms with Gasteiger partial charge in [0, 0.05) is 4.60 Å². The van der Waals surface area contributed by atoms with Gasteiger partial charge in [0.2, 0.25) is 0 Å². The standard InChI is InChI=1S/C44H35N6O7P4/c45-36-60(56-43-32-18-6-19-33-43)47-58(54-41-28-14-4-15-29-41)48(51-38-22-8-1-9-23-38)59(55-42-30-16-5-17-31-42)49(52-39-24-10-2-11-25-39)61(37-46,57-44-34-20-7-21-35-44)50(60)53-40-26-12-3-13-27-40/h1-35H/q+1. The topological polar surface area (TPSA) is 134 Å². The number of benzene rings is 7. The molecule has 1 heterocycles. The second-order valence-electron chi connectivity index (χ2n) is 12.5. The van der Waals surface area contributed by atoms with Crippen molar-refractivity contribution < 1.29 is 32.6 Å². The van der Waals surface area contributed by atoms with Crippen LogP contribution in [0.4, 0.5) is 0 Å². The Balaban J connectivity index is 1.50. The first-order valence-electron chi connectivity index (χ1n) is 18.6. The summed E-state index contributed by atoms with van der Waals surface area (Å²) in [4.78, 5) is 20.6. The van der Waals surface area contributed by atoms with E-state index in [1.165, 1.54) is 9.21 Å². The lowest BCUT2D eigenvalue weighted by Crippen LogP contribution is -2.43. The Bertz CT molecular complexity index is 2610. The van der Waals surface area contributed by atoms with E-state index in [2.05, 4.69) is 11.6 Å². The summed E-state index contributed by atoms with van der Waals surface area (Å²) in [6.45, 7) is 0. The van der Waals surface area contributed by atoms with E-state index in [4.69, 9.17) is 37.1 Å². The second kappa shape index (κ2) is 19.7. The van der Waals surface area contributed by atoms with Gasteiger partial charge >= 0.3 is 37.9 Å². The van der Waals surface area contributed by atoms with E-state index >= 15 is 0 Å². The van der Waals surface area contributed by atoms with Gasteiger partial charge in [-0.3, -0.25) is 4.52 Å². The maximum Gasteiger partial charge on any atom is 0.528 e. The van der Waals surface area contributed by atoms with E-state index in [-0.39, 0.29) is 23.0 Å². The van der Waals surface area contributed by atoms with Crippen LogP contribution in [0.1, 0.15) is 0 Å². The van der Waals surface area contributed by atoms with Crippen LogP contribution in [0.5, 0.6) is 40.2 Å². The molecule has 7 aromatic rings. The first kappa shape index (κ1) is 41.3. The Kier molecular flexibility index (Phi) is 13.3. The average Bonchev–Trinajstić information content (AvgIpc) is 3.32. The maximum absolute atomic E-state index is 12.1. The lowest BCUT2D eigenvalue weighted by Gasteiger charge is -2.42. The van der Waals surface area contributed by atoms with Crippen molar-refractivity contribution in [3.05, 3.63) is 212 Å². The molecule has 13 nitrogen and oxygen atoms in total. The third-order valence-electron chi connectivity index (χ3n) is 8.20. The molecule has 61 heavy (non-hydrogen) atoms. The summed E-state index contributed by atoms with van der Waals surface area (Å²) < 4.78 is 36.8. The van der Waals surface area contributed by atoms with Crippen molar-refractivity contribution in [2.24, 2.45) is 4.52 Å². The number of rotatable bonds is 14. The Hall–Kier alpha value is -6.48. The quantitative estimate of drug-likeness (QED) is 0.0962. The first-order chi connectivity index (χ1) is 30.1. The molecule has 0 amide bonds. The Morgan fingerprint density at radius 2 is 0.852 bits per heavy atom. The van der Waals surface area contributed by atoms with Gasteiger partial charge in [0.05, 0.1) is 0 Å².